The van der Waals surface area contributed by atoms with Gasteiger partial charge in [0.1, 0.15) is 22.3 Å². The molecule has 0 N–H and O–H groups in total. The molecule has 0 spiro atoms. The number of carbonyl (C=O) groups is 1. The van der Waals surface area contributed by atoms with Gasteiger partial charge in [-0.1, -0.05) is 56.5 Å². The van der Waals surface area contributed by atoms with E-state index in [0.29, 0.717) is 34.3 Å². The van der Waals surface area contributed by atoms with Crippen LogP contribution in [0, 0.1) is 0 Å². The number of aromatic nitrogens is 3. The number of fused-ring (bicyclic) bond motifs is 3. The van der Waals surface area contributed by atoms with Gasteiger partial charge in [-0.25, -0.2) is 19.1 Å². The van der Waals surface area contributed by atoms with Gasteiger partial charge in [-0.3, -0.25) is 0 Å². The molecule has 1 aromatic carbocycles. The molecule has 0 saturated heterocycles. The van der Waals surface area contributed by atoms with Gasteiger partial charge in [0.2, 0.25) is 0 Å². The Bertz CT molecular complexity index is 1430. The van der Waals surface area contributed by atoms with Crippen LogP contribution < -0.4 is 5.63 Å². The summed E-state index contributed by atoms with van der Waals surface area (Å²) in [5, 5.41) is 5.10. The van der Waals surface area contributed by atoms with E-state index in [1.807, 2.05) is 57.2 Å². The average molecular weight is 474 g/mol. The van der Waals surface area contributed by atoms with Crippen LogP contribution in [0.15, 0.2) is 57.9 Å². The van der Waals surface area contributed by atoms with Crippen LogP contribution in [0.5, 0.6) is 0 Å². The summed E-state index contributed by atoms with van der Waals surface area (Å²) < 4.78 is 12.9. The fraction of sp³-hybridized carbons (Fsp3) is 0.357. The molecule has 35 heavy (non-hydrogen) atoms. The van der Waals surface area contributed by atoms with Gasteiger partial charge in [0.15, 0.2) is 5.65 Å². The molecule has 0 aliphatic heterocycles. The lowest BCUT2D eigenvalue weighted by atomic mass is 10.1. The fourth-order valence-corrected chi connectivity index (χ4v) is 4.06. The molecule has 0 bridgehead atoms. The summed E-state index contributed by atoms with van der Waals surface area (Å²) in [7, 11) is 0. The van der Waals surface area contributed by atoms with Crippen LogP contribution in [0.25, 0.3) is 33.9 Å². The first-order valence-corrected chi connectivity index (χ1v) is 12.1. The zero-order valence-electron chi connectivity index (χ0n) is 20.7. The normalized spacial score (nSPS) is 12.1. The van der Waals surface area contributed by atoms with Gasteiger partial charge in [0.25, 0.3) is 0 Å². The average Bonchev–Trinajstić information content (AvgIpc) is 3.21. The molecule has 0 aliphatic rings. The first-order chi connectivity index (χ1) is 16.8. The molecule has 4 aromatic rings. The van der Waals surface area contributed by atoms with Crippen LogP contribution >= 0.6 is 0 Å². The minimum atomic E-state index is -0.611. The molecule has 7 heteroatoms. The molecular formula is C28H31N3O4. The highest BCUT2D eigenvalue weighted by Crippen LogP contribution is 2.28. The zero-order chi connectivity index (χ0) is 25.0. The van der Waals surface area contributed by atoms with Crippen LogP contribution in [0.3, 0.4) is 0 Å². The van der Waals surface area contributed by atoms with Crippen molar-refractivity contribution < 1.29 is 13.9 Å². The molecule has 0 unspecified atom stereocenters. The zero-order valence-corrected chi connectivity index (χ0v) is 20.7. The second-order valence-corrected chi connectivity index (χ2v) is 9.56. The first kappa shape index (κ1) is 24.4. The number of carbonyl (C=O) groups excluding carboxylic acids is 1. The largest absolute Gasteiger partial charge is 0.457 e. The second kappa shape index (κ2) is 10.3. The number of nitrogens with zero attached hydrogens (tertiary/aromatic N) is 3. The van der Waals surface area contributed by atoms with E-state index in [2.05, 4.69) is 11.9 Å². The van der Waals surface area contributed by atoms with Crippen molar-refractivity contribution in [3.05, 3.63) is 70.4 Å². The number of esters is 1. The predicted molar refractivity (Wildman–Crippen MR) is 137 cm³/mol. The Morgan fingerprint density at radius 1 is 1.11 bits per heavy atom. The summed E-state index contributed by atoms with van der Waals surface area (Å²) in [5.74, 6) is 0.0451. The number of aryl methyl sites for hydroxylation is 1. The number of rotatable bonds is 8. The van der Waals surface area contributed by atoms with Crippen molar-refractivity contribution in [2.24, 2.45) is 0 Å². The quantitative estimate of drug-likeness (QED) is 0.178. The van der Waals surface area contributed by atoms with Crippen LogP contribution in [-0.2, 0) is 16.0 Å². The molecule has 182 valence electrons. The minimum Gasteiger partial charge on any atom is -0.457 e. The fourth-order valence-electron chi connectivity index (χ4n) is 4.06. The highest BCUT2D eigenvalue weighted by Gasteiger charge is 2.21. The highest BCUT2D eigenvalue weighted by molar-refractivity contribution is 5.99. The van der Waals surface area contributed by atoms with Gasteiger partial charge in [0, 0.05) is 29.8 Å². The molecule has 0 fully saturated rings. The molecule has 0 radical (unpaired) electrons. The lowest BCUT2D eigenvalue weighted by Gasteiger charge is -2.17. The molecule has 0 atom stereocenters. The molecule has 3 heterocycles. The Morgan fingerprint density at radius 3 is 2.60 bits per heavy atom. The summed E-state index contributed by atoms with van der Waals surface area (Å²) >= 11 is 0. The summed E-state index contributed by atoms with van der Waals surface area (Å²) in [4.78, 5) is 30.0. The third kappa shape index (κ3) is 5.50. The van der Waals surface area contributed by atoms with Crippen molar-refractivity contribution >= 4 is 28.6 Å². The topological polar surface area (TPSA) is 86.7 Å². The van der Waals surface area contributed by atoms with E-state index < -0.39 is 17.2 Å². The van der Waals surface area contributed by atoms with Crippen LogP contribution in [0.2, 0.25) is 0 Å². The van der Waals surface area contributed by atoms with E-state index in [1.54, 1.807) is 16.8 Å². The predicted octanol–water partition coefficient (Wildman–Crippen LogP) is 5.98. The molecule has 0 amide bonds. The number of unbranched alkanes of at least 4 members (excludes halogenated alkanes) is 3. The Kier molecular flexibility index (Phi) is 7.15. The van der Waals surface area contributed by atoms with Gasteiger partial charge >= 0.3 is 11.6 Å². The maximum Gasteiger partial charge on any atom is 0.349 e. The summed E-state index contributed by atoms with van der Waals surface area (Å²) in [6.45, 7) is 7.60. The Hall–Kier alpha value is -3.74. The van der Waals surface area contributed by atoms with Crippen molar-refractivity contribution in [1.82, 2.24) is 14.6 Å². The monoisotopic (exact) mass is 473 g/mol. The standard InChI is InChI=1S/C28H31N3O4/c1-5-6-7-11-14-22-20(15-16-23(32)35-28(2,3)4)25-24(27(33)34-22)26-29-18-17-21(31(26)30-25)19-12-9-8-10-13-19/h8-10,12-13,15-18H,5-7,11,14H2,1-4H3/b16-15+. The van der Waals surface area contributed by atoms with Gasteiger partial charge in [-0.15, -0.1) is 0 Å². The van der Waals surface area contributed by atoms with Crippen LogP contribution in [0.1, 0.15) is 64.7 Å². The van der Waals surface area contributed by atoms with Crippen molar-refractivity contribution in [2.75, 3.05) is 0 Å². The molecular weight excluding hydrogens is 442 g/mol. The summed E-state index contributed by atoms with van der Waals surface area (Å²) in [6, 6.07) is 11.7. The van der Waals surface area contributed by atoms with Crippen LogP contribution in [-0.4, -0.2) is 26.2 Å². The van der Waals surface area contributed by atoms with Gasteiger partial charge in [-0.2, -0.15) is 5.10 Å². The summed E-state index contributed by atoms with van der Waals surface area (Å²) in [5.41, 5.74) is 2.14. The molecule has 0 saturated carbocycles. The van der Waals surface area contributed by atoms with Gasteiger partial charge in [-0.05, 0) is 39.3 Å². The maximum absolute atomic E-state index is 13.1. The highest BCUT2D eigenvalue weighted by atomic mass is 16.6. The second-order valence-electron chi connectivity index (χ2n) is 9.56. The Morgan fingerprint density at radius 2 is 1.89 bits per heavy atom. The van der Waals surface area contributed by atoms with Crippen molar-refractivity contribution in [3.8, 4) is 11.3 Å². The SMILES string of the molecule is CCCCCCc1oc(=O)c2c(nn3c(-c4ccccc4)ccnc23)c1/C=C/C(=O)OC(C)(C)C. The lowest BCUT2D eigenvalue weighted by molar-refractivity contribution is -0.148. The van der Waals surface area contributed by atoms with Crippen molar-refractivity contribution in [2.45, 2.75) is 65.4 Å². The van der Waals surface area contributed by atoms with Gasteiger partial charge in [0.05, 0.1) is 5.69 Å². The lowest BCUT2D eigenvalue weighted by Crippen LogP contribution is -2.22. The van der Waals surface area contributed by atoms with E-state index in [-0.39, 0.29) is 0 Å². The smallest absolute Gasteiger partial charge is 0.349 e. The molecule has 4 rings (SSSR count). The number of ether oxygens (including phenoxy) is 1. The Labute approximate surface area is 204 Å². The molecule has 7 nitrogen and oxygen atoms in total. The molecule has 3 aromatic heterocycles. The van der Waals surface area contributed by atoms with Crippen molar-refractivity contribution in [3.63, 3.8) is 0 Å². The van der Waals surface area contributed by atoms with E-state index in [4.69, 9.17) is 14.3 Å². The third-order valence-electron chi connectivity index (χ3n) is 5.61. The van der Waals surface area contributed by atoms with E-state index in [9.17, 15) is 9.59 Å². The van der Waals surface area contributed by atoms with E-state index in [1.165, 1.54) is 6.08 Å². The van der Waals surface area contributed by atoms with E-state index >= 15 is 0 Å². The number of hydrogen-bond donors (Lipinski definition) is 0. The minimum absolute atomic E-state index is 0.295. The van der Waals surface area contributed by atoms with Crippen LogP contribution in [0.4, 0.5) is 0 Å². The van der Waals surface area contributed by atoms with Crippen molar-refractivity contribution in [1.29, 1.82) is 0 Å². The van der Waals surface area contributed by atoms with Gasteiger partial charge < -0.3 is 9.15 Å². The number of benzene rings is 1. The number of hydrogen-bond acceptors (Lipinski definition) is 6. The maximum atomic E-state index is 13.1. The summed E-state index contributed by atoms with van der Waals surface area (Å²) in [6.07, 6.45) is 9.35. The molecule has 0 aliphatic carbocycles. The third-order valence-corrected chi connectivity index (χ3v) is 5.61. The first-order valence-electron chi connectivity index (χ1n) is 12.1. The van der Waals surface area contributed by atoms with E-state index in [0.717, 1.165) is 36.9 Å². The Balaban J connectivity index is 1.89.